The van der Waals surface area contributed by atoms with Crippen LogP contribution in [0.4, 0.5) is 0 Å². The summed E-state index contributed by atoms with van der Waals surface area (Å²) in [5.74, 6) is 1.03. The van der Waals surface area contributed by atoms with E-state index >= 15 is 0 Å². The third-order valence-electron chi connectivity index (χ3n) is 4.12. The topological polar surface area (TPSA) is 65.1 Å². The first-order valence-corrected chi connectivity index (χ1v) is 10.00. The van der Waals surface area contributed by atoms with Crippen molar-refractivity contribution >= 4 is 21.4 Å². The van der Waals surface area contributed by atoms with E-state index in [9.17, 15) is 8.42 Å². The lowest BCUT2D eigenvalue weighted by atomic mass is 10.1. The maximum atomic E-state index is 13.0. The number of hydrogen-bond donors (Lipinski definition) is 0. The predicted molar refractivity (Wildman–Crippen MR) is 88.9 cm³/mol. The fourth-order valence-corrected chi connectivity index (χ4v) is 5.17. The SMILES string of the molecule is CC1CN(S(=O)(=O)c2ccc3c(c2)OCO3)CC(c2ccsc2)O1. The van der Waals surface area contributed by atoms with Crippen LogP contribution in [0.15, 0.2) is 39.9 Å². The van der Waals surface area contributed by atoms with Gasteiger partial charge in [-0.15, -0.1) is 0 Å². The first-order chi connectivity index (χ1) is 11.5. The van der Waals surface area contributed by atoms with E-state index < -0.39 is 10.0 Å². The second-order valence-corrected chi connectivity index (χ2v) is 8.55. The van der Waals surface area contributed by atoms with E-state index in [1.54, 1.807) is 23.5 Å². The molecule has 0 spiro atoms. The molecule has 1 aromatic heterocycles. The Morgan fingerprint density at radius 3 is 2.79 bits per heavy atom. The van der Waals surface area contributed by atoms with Gasteiger partial charge in [-0.2, -0.15) is 15.6 Å². The molecule has 0 radical (unpaired) electrons. The molecule has 1 aromatic carbocycles. The first kappa shape index (κ1) is 15.9. The lowest BCUT2D eigenvalue weighted by Crippen LogP contribution is -2.45. The van der Waals surface area contributed by atoms with Crippen molar-refractivity contribution in [2.24, 2.45) is 0 Å². The Balaban J connectivity index is 1.63. The van der Waals surface area contributed by atoms with Gasteiger partial charge in [0.25, 0.3) is 0 Å². The zero-order valence-corrected chi connectivity index (χ0v) is 14.7. The van der Waals surface area contributed by atoms with Crippen LogP contribution in [0, 0.1) is 0 Å². The van der Waals surface area contributed by atoms with Crippen molar-refractivity contribution < 1.29 is 22.6 Å². The average molecular weight is 367 g/mol. The normalized spacial score (nSPS) is 24.2. The fourth-order valence-electron chi connectivity index (χ4n) is 2.94. The van der Waals surface area contributed by atoms with Crippen molar-refractivity contribution in [3.8, 4) is 11.5 Å². The fraction of sp³-hybridized carbons (Fsp3) is 0.375. The molecule has 0 N–H and O–H groups in total. The molecule has 1 fully saturated rings. The van der Waals surface area contributed by atoms with Gasteiger partial charge in [-0.05, 0) is 41.4 Å². The van der Waals surface area contributed by atoms with Crippen LogP contribution in [-0.2, 0) is 14.8 Å². The quantitative estimate of drug-likeness (QED) is 0.834. The van der Waals surface area contributed by atoms with Crippen molar-refractivity contribution in [3.63, 3.8) is 0 Å². The summed E-state index contributed by atoms with van der Waals surface area (Å²) >= 11 is 1.57. The van der Waals surface area contributed by atoms with Crippen LogP contribution in [0.3, 0.4) is 0 Å². The summed E-state index contributed by atoms with van der Waals surface area (Å²) in [4.78, 5) is 0.213. The van der Waals surface area contributed by atoms with E-state index in [1.165, 1.54) is 10.4 Å². The lowest BCUT2D eigenvalue weighted by Gasteiger charge is -2.35. The van der Waals surface area contributed by atoms with Crippen molar-refractivity contribution in [2.75, 3.05) is 19.9 Å². The molecule has 1 saturated heterocycles. The molecule has 2 aliphatic rings. The Morgan fingerprint density at radius 1 is 1.17 bits per heavy atom. The van der Waals surface area contributed by atoms with Gasteiger partial charge in [0.1, 0.15) is 0 Å². The van der Waals surface area contributed by atoms with Gasteiger partial charge < -0.3 is 14.2 Å². The van der Waals surface area contributed by atoms with Crippen LogP contribution >= 0.6 is 11.3 Å². The van der Waals surface area contributed by atoms with Gasteiger partial charge >= 0.3 is 0 Å². The van der Waals surface area contributed by atoms with Gasteiger partial charge in [-0.1, -0.05) is 0 Å². The van der Waals surface area contributed by atoms with Crippen molar-refractivity contribution in [1.82, 2.24) is 4.31 Å². The highest BCUT2D eigenvalue weighted by molar-refractivity contribution is 7.89. The number of thiophene rings is 1. The summed E-state index contributed by atoms with van der Waals surface area (Å²) in [6.07, 6.45) is -0.420. The molecule has 128 valence electrons. The summed E-state index contributed by atoms with van der Waals surface area (Å²) in [7, 11) is -3.62. The van der Waals surface area contributed by atoms with E-state index in [1.807, 2.05) is 23.8 Å². The third-order valence-corrected chi connectivity index (χ3v) is 6.65. The van der Waals surface area contributed by atoms with Gasteiger partial charge in [0.05, 0.1) is 17.1 Å². The summed E-state index contributed by atoms with van der Waals surface area (Å²) < 4.78 is 44.0. The number of hydrogen-bond acceptors (Lipinski definition) is 6. The van der Waals surface area contributed by atoms with Crippen LogP contribution in [0.2, 0.25) is 0 Å². The van der Waals surface area contributed by atoms with Crippen molar-refractivity contribution in [3.05, 3.63) is 40.6 Å². The smallest absolute Gasteiger partial charge is 0.243 e. The molecule has 4 rings (SSSR count). The maximum Gasteiger partial charge on any atom is 0.243 e. The zero-order chi connectivity index (χ0) is 16.7. The summed E-state index contributed by atoms with van der Waals surface area (Å²) in [6, 6.07) is 6.69. The van der Waals surface area contributed by atoms with Crippen LogP contribution in [0.25, 0.3) is 0 Å². The van der Waals surface area contributed by atoms with Crippen molar-refractivity contribution in [2.45, 2.75) is 24.0 Å². The highest BCUT2D eigenvalue weighted by atomic mass is 32.2. The summed E-state index contributed by atoms with van der Waals surface area (Å²) in [5, 5.41) is 3.96. The monoisotopic (exact) mass is 367 g/mol. The number of morpholine rings is 1. The number of ether oxygens (including phenoxy) is 3. The standard InChI is InChI=1S/C16H17NO5S2/c1-11-7-17(8-16(22-11)12-4-5-23-9-12)24(18,19)13-2-3-14-15(6-13)21-10-20-14/h2-6,9,11,16H,7-8,10H2,1H3. The molecule has 0 aliphatic carbocycles. The highest BCUT2D eigenvalue weighted by Gasteiger charge is 2.35. The summed E-state index contributed by atoms with van der Waals surface area (Å²) in [5.41, 5.74) is 1.01. The first-order valence-electron chi connectivity index (χ1n) is 7.61. The number of fused-ring (bicyclic) bond motifs is 1. The highest BCUT2D eigenvalue weighted by Crippen LogP contribution is 2.36. The molecular formula is C16H17NO5S2. The molecule has 3 heterocycles. The predicted octanol–water partition coefficient (Wildman–Crippen LogP) is 2.63. The van der Waals surface area contributed by atoms with Crippen LogP contribution < -0.4 is 9.47 Å². The second kappa shape index (κ2) is 6.03. The molecule has 6 nitrogen and oxygen atoms in total. The third kappa shape index (κ3) is 2.79. The Labute approximate surface area is 144 Å². The number of nitrogens with zero attached hydrogens (tertiary/aromatic N) is 1. The van der Waals surface area contributed by atoms with E-state index in [-0.39, 0.29) is 23.9 Å². The zero-order valence-electron chi connectivity index (χ0n) is 13.0. The largest absolute Gasteiger partial charge is 0.454 e. The van der Waals surface area contributed by atoms with Gasteiger partial charge in [0.2, 0.25) is 16.8 Å². The average Bonchev–Trinajstić information content (AvgIpc) is 3.25. The van der Waals surface area contributed by atoms with Gasteiger partial charge in [0, 0.05) is 19.2 Å². The Bertz CT molecular complexity index is 834. The summed E-state index contributed by atoms with van der Waals surface area (Å²) in [6.45, 7) is 2.64. The molecule has 0 amide bonds. The lowest BCUT2D eigenvalue weighted by molar-refractivity contribution is -0.0555. The van der Waals surface area contributed by atoms with E-state index in [4.69, 9.17) is 14.2 Å². The molecule has 2 aromatic rings. The molecule has 0 bridgehead atoms. The van der Waals surface area contributed by atoms with Crippen LogP contribution in [0.5, 0.6) is 11.5 Å². The van der Waals surface area contributed by atoms with Gasteiger partial charge in [-0.25, -0.2) is 8.42 Å². The Hall–Kier alpha value is -1.61. The Morgan fingerprint density at radius 2 is 2.00 bits per heavy atom. The van der Waals surface area contributed by atoms with E-state index in [0.717, 1.165) is 5.56 Å². The molecular weight excluding hydrogens is 350 g/mol. The van der Waals surface area contributed by atoms with Crippen LogP contribution in [0.1, 0.15) is 18.6 Å². The van der Waals surface area contributed by atoms with E-state index in [2.05, 4.69) is 0 Å². The van der Waals surface area contributed by atoms with E-state index in [0.29, 0.717) is 24.6 Å². The van der Waals surface area contributed by atoms with Crippen molar-refractivity contribution in [1.29, 1.82) is 0 Å². The molecule has 2 atom stereocenters. The number of rotatable bonds is 3. The van der Waals surface area contributed by atoms with Crippen LogP contribution in [-0.4, -0.2) is 38.7 Å². The molecule has 24 heavy (non-hydrogen) atoms. The molecule has 8 heteroatoms. The molecule has 0 saturated carbocycles. The number of benzene rings is 1. The number of sulfonamides is 1. The second-order valence-electron chi connectivity index (χ2n) is 5.83. The maximum absolute atomic E-state index is 13.0. The van der Waals surface area contributed by atoms with Gasteiger partial charge in [-0.3, -0.25) is 0 Å². The van der Waals surface area contributed by atoms with Gasteiger partial charge in [0.15, 0.2) is 11.5 Å². The molecule has 2 unspecified atom stereocenters. The minimum Gasteiger partial charge on any atom is -0.454 e. The molecule has 2 aliphatic heterocycles. The Kier molecular flexibility index (Phi) is 4.00. The minimum atomic E-state index is -3.62. The minimum absolute atomic E-state index is 0.119.